The van der Waals surface area contributed by atoms with E-state index in [0.717, 1.165) is 42.3 Å². The zero-order valence-electron chi connectivity index (χ0n) is 10.9. The average molecular weight is 257 g/mol. The summed E-state index contributed by atoms with van der Waals surface area (Å²) in [6.07, 6.45) is 2.62. The van der Waals surface area contributed by atoms with E-state index in [1.807, 2.05) is 18.2 Å². The van der Waals surface area contributed by atoms with Crippen molar-refractivity contribution in [3.05, 3.63) is 42.0 Å². The molecule has 2 N–H and O–H groups in total. The molecule has 1 aliphatic rings. The van der Waals surface area contributed by atoms with E-state index in [9.17, 15) is 5.11 Å². The number of nitrogens with one attached hydrogen (secondary N) is 1. The van der Waals surface area contributed by atoms with Crippen molar-refractivity contribution in [1.82, 2.24) is 5.32 Å². The molecule has 1 atom stereocenters. The molecule has 3 nitrogen and oxygen atoms in total. The fourth-order valence-corrected chi connectivity index (χ4v) is 2.67. The van der Waals surface area contributed by atoms with Gasteiger partial charge in [0.1, 0.15) is 5.75 Å². The maximum atomic E-state index is 10.0. The van der Waals surface area contributed by atoms with Gasteiger partial charge >= 0.3 is 0 Å². The van der Waals surface area contributed by atoms with Crippen LogP contribution < -0.4 is 5.32 Å². The third-order valence-electron chi connectivity index (χ3n) is 3.71. The van der Waals surface area contributed by atoms with Gasteiger partial charge < -0.3 is 15.2 Å². The number of rotatable bonds is 4. The quantitative estimate of drug-likeness (QED) is 0.885. The largest absolute Gasteiger partial charge is 0.508 e. The number of benzene rings is 2. The summed E-state index contributed by atoms with van der Waals surface area (Å²) in [5.74, 6) is 0.360. The van der Waals surface area contributed by atoms with Crippen molar-refractivity contribution < 1.29 is 9.84 Å². The Morgan fingerprint density at radius 2 is 2.11 bits per heavy atom. The van der Waals surface area contributed by atoms with Gasteiger partial charge in [0.25, 0.3) is 0 Å². The van der Waals surface area contributed by atoms with E-state index < -0.39 is 0 Å². The highest BCUT2D eigenvalue weighted by Crippen LogP contribution is 2.26. The van der Waals surface area contributed by atoms with Crippen molar-refractivity contribution in [3.63, 3.8) is 0 Å². The molecule has 0 saturated carbocycles. The molecule has 3 heteroatoms. The highest BCUT2D eigenvalue weighted by molar-refractivity contribution is 5.87. The van der Waals surface area contributed by atoms with Gasteiger partial charge in [0, 0.05) is 25.3 Å². The minimum Gasteiger partial charge on any atom is -0.508 e. The van der Waals surface area contributed by atoms with E-state index in [-0.39, 0.29) is 0 Å². The Balaban J connectivity index is 1.74. The topological polar surface area (TPSA) is 41.5 Å². The van der Waals surface area contributed by atoms with Crippen LogP contribution >= 0.6 is 0 Å². The van der Waals surface area contributed by atoms with Crippen LogP contribution in [-0.4, -0.2) is 24.4 Å². The van der Waals surface area contributed by atoms with E-state index in [1.54, 1.807) is 6.07 Å². The lowest BCUT2D eigenvalue weighted by Gasteiger charge is -2.13. The summed E-state index contributed by atoms with van der Waals surface area (Å²) in [5, 5.41) is 15.7. The Hall–Kier alpha value is -1.58. The van der Waals surface area contributed by atoms with Gasteiger partial charge in [-0.05, 0) is 29.7 Å². The molecular formula is C16H19NO2. The van der Waals surface area contributed by atoms with E-state index in [0.29, 0.717) is 18.4 Å². The molecule has 0 spiro atoms. The molecule has 3 rings (SSSR count). The maximum Gasteiger partial charge on any atom is 0.120 e. The molecule has 2 aromatic rings. The predicted octanol–water partition coefficient (Wildman–Crippen LogP) is 2.81. The van der Waals surface area contributed by atoms with Crippen molar-refractivity contribution in [2.24, 2.45) is 0 Å². The molecule has 0 aromatic heterocycles. The van der Waals surface area contributed by atoms with Crippen molar-refractivity contribution in [2.75, 3.05) is 13.2 Å². The van der Waals surface area contributed by atoms with Crippen molar-refractivity contribution in [2.45, 2.75) is 25.5 Å². The van der Waals surface area contributed by atoms with Crippen LogP contribution in [0.5, 0.6) is 5.75 Å². The number of aromatic hydroxyl groups is 1. The molecule has 19 heavy (non-hydrogen) atoms. The number of phenols is 1. The van der Waals surface area contributed by atoms with Gasteiger partial charge in [-0.3, -0.25) is 0 Å². The molecule has 2 aromatic carbocycles. The molecule has 0 amide bonds. The third-order valence-corrected chi connectivity index (χ3v) is 3.71. The fraction of sp³-hybridized carbons (Fsp3) is 0.375. The molecule has 1 saturated heterocycles. The Morgan fingerprint density at radius 1 is 1.21 bits per heavy atom. The first-order valence-corrected chi connectivity index (χ1v) is 6.86. The summed E-state index contributed by atoms with van der Waals surface area (Å²) in [5.41, 5.74) is 0.969. The van der Waals surface area contributed by atoms with Gasteiger partial charge in [-0.1, -0.05) is 30.3 Å². The first kappa shape index (κ1) is 12.5. The van der Waals surface area contributed by atoms with Gasteiger partial charge in [-0.25, -0.2) is 0 Å². The molecule has 0 radical (unpaired) electrons. The van der Waals surface area contributed by atoms with E-state index >= 15 is 0 Å². The highest BCUT2D eigenvalue weighted by Gasteiger charge is 2.15. The number of phenolic OH excluding ortho intramolecular Hbond substituents is 1. The molecular weight excluding hydrogens is 238 g/mol. The number of hydrogen-bond acceptors (Lipinski definition) is 3. The highest BCUT2D eigenvalue weighted by atomic mass is 16.5. The van der Waals surface area contributed by atoms with Crippen LogP contribution in [0.15, 0.2) is 36.4 Å². The molecule has 1 unspecified atom stereocenters. The number of fused-ring (bicyclic) bond motifs is 1. The van der Waals surface area contributed by atoms with Crippen LogP contribution in [0.1, 0.15) is 18.4 Å². The van der Waals surface area contributed by atoms with E-state index in [4.69, 9.17) is 4.74 Å². The van der Waals surface area contributed by atoms with Crippen LogP contribution in [-0.2, 0) is 11.3 Å². The average Bonchev–Trinajstić information content (AvgIpc) is 2.94. The van der Waals surface area contributed by atoms with Crippen LogP contribution in [0, 0.1) is 0 Å². The molecule has 100 valence electrons. The second kappa shape index (κ2) is 5.59. The summed E-state index contributed by atoms with van der Waals surface area (Å²) in [4.78, 5) is 0. The Kier molecular flexibility index (Phi) is 3.67. The van der Waals surface area contributed by atoms with Gasteiger partial charge in [0.2, 0.25) is 0 Å². The summed E-state index contributed by atoms with van der Waals surface area (Å²) in [7, 11) is 0. The second-order valence-corrected chi connectivity index (χ2v) is 5.05. The van der Waals surface area contributed by atoms with E-state index in [2.05, 4.69) is 17.4 Å². The normalized spacial score (nSPS) is 19.1. The molecule has 0 bridgehead atoms. The van der Waals surface area contributed by atoms with Gasteiger partial charge in [-0.15, -0.1) is 0 Å². The molecule has 1 aliphatic heterocycles. The van der Waals surface area contributed by atoms with Gasteiger partial charge in [0.05, 0.1) is 6.10 Å². The number of hydrogen-bond donors (Lipinski definition) is 2. The SMILES string of the molecule is Oc1ccc2ccccc2c1CNCC1CCCO1. The summed E-state index contributed by atoms with van der Waals surface area (Å²) in [6, 6.07) is 11.9. The fourth-order valence-electron chi connectivity index (χ4n) is 2.67. The van der Waals surface area contributed by atoms with E-state index in [1.165, 1.54) is 0 Å². The smallest absolute Gasteiger partial charge is 0.120 e. The summed E-state index contributed by atoms with van der Waals surface area (Å²) >= 11 is 0. The first-order chi connectivity index (χ1) is 9.34. The van der Waals surface area contributed by atoms with Crippen molar-refractivity contribution in [3.8, 4) is 5.75 Å². The second-order valence-electron chi connectivity index (χ2n) is 5.05. The minimum atomic E-state index is 0.331. The predicted molar refractivity (Wildman–Crippen MR) is 76.3 cm³/mol. The zero-order chi connectivity index (χ0) is 13.1. The number of ether oxygens (including phenoxy) is 1. The lowest BCUT2D eigenvalue weighted by Crippen LogP contribution is -2.25. The van der Waals surface area contributed by atoms with Gasteiger partial charge in [0.15, 0.2) is 0 Å². The standard InChI is InChI=1S/C16H19NO2/c18-16-8-7-12-4-1-2-6-14(12)15(16)11-17-10-13-5-3-9-19-13/h1-2,4,6-8,13,17-18H,3,5,9-11H2. The zero-order valence-corrected chi connectivity index (χ0v) is 10.9. The van der Waals surface area contributed by atoms with Crippen LogP contribution in [0.3, 0.4) is 0 Å². The Morgan fingerprint density at radius 3 is 2.95 bits per heavy atom. The van der Waals surface area contributed by atoms with Gasteiger partial charge in [-0.2, -0.15) is 0 Å². The van der Waals surface area contributed by atoms with Crippen LogP contribution in [0.25, 0.3) is 10.8 Å². The van der Waals surface area contributed by atoms with Crippen molar-refractivity contribution >= 4 is 10.8 Å². The summed E-state index contributed by atoms with van der Waals surface area (Å²) < 4.78 is 5.58. The Labute approximate surface area is 113 Å². The minimum absolute atomic E-state index is 0.331. The van der Waals surface area contributed by atoms with Crippen LogP contribution in [0.2, 0.25) is 0 Å². The monoisotopic (exact) mass is 257 g/mol. The lowest BCUT2D eigenvalue weighted by molar-refractivity contribution is 0.110. The van der Waals surface area contributed by atoms with Crippen molar-refractivity contribution in [1.29, 1.82) is 0 Å². The molecule has 1 heterocycles. The summed E-state index contributed by atoms with van der Waals surface area (Å²) in [6.45, 7) is 2.40. The lowest BCUT2D eigenvalue weighted by atomic mass is 10.0. The molecule has 1 fully saturated rings. The Bertz CT molecular complexity index is 562. The molecule has 0 aliphatic carbocycles. The first-order valence-electron chi connectivity index (χ1n) is 6.86. The maximum absolute atomic E-state index is 10.0. The van der Waals surface area contributed by atoms with Crippen LogP contribution in [0.4, 0.5) is 0 Å². The third kappa shape index (κ3) is 2.72.